The Morgan fingerprint density at radius 3 is 2.50 bits per heavy atom. The molecule has 3 unspecified atom stereocenters. The van der Waals surface area contributed by atoms with E-state index in [0.717, 1.165) is 30.3 Å². The van der Waals surface area contributed by atoms with E-state index in [0.29, 0.717) is 11.8 Å². The summed E-state index contributed by atoms with van der Waals surface area (Å²) < 4.78 is 5.77. The minimum Gasteiger partial charge on any atom is -0.463 e. The summed E-state index contributed by atoms with van der Waals surface area (Å²) in [4.78, 5) is 0. The SMILES string of the molecule is CCC(CC)C(O)c1ccc(C2CC2C)o1. The highest BCUT2D eigenvalue weighted by atomic mass is 16.4. The first kappa shape index (κ1) is 11.7. The van der Waals surface area contributed by atoms with Gasteiger partial charge in [-0.05, 0) is 30.4 Å². The van der Waals surface area contributed by atoms with Crippen molar-refractivity contribution in [2.75, 3.05) is 0 Å². The van der Waals surface area contributed by atoms with Gasteiger partial charge in [0.2, 0.25) is 0 Å². The molecule has 0 aliphatic heterocycles. The maximum atomic E-state index is 10.2. The van der Waals surface area contributed by atoms with Gasteiger partial charge in [-0.25, -0.2) is 0 Å². The van der Waals surface area contributed by atoms with Crippen LogP contribution in [0.25, 0.3) is 0 Å². The highest BCUT2D eigenvalue weighted by Crippen LogP contribution is 2.48. The largest absolute Gasteiger partial charge is 0.463 e. The van der Waals surface area contributed by atoms with Crippen LogP contribution >= 0.6 is 0 Å². The zero-order valence-electron chi connectivity index (χ0n) is 10.4. The molecule has 1 saturated carbocycles. The normalized spacial score (nSPS) is 26.1. The van der Waals surface area contributed by atoms with Gasteiger partial charge in [0.15, 0.2) is 0 Å². The summed E-state index contributed by atoms with van der Waals surface area (Å²) >= 11 is 0. The van der Waals surface area contributed by atoms with Crippen molar-refractivity contribution in [3.8, 4) is 0 Å². The summed E-state index contributed by atoms with van der Waals surface area (Å²) in [5.41, 5.74) is 0. The molecule has 0 radical (unpaired) electrons. The van der Waals surface area contributed by atoms with E-state index >= 15 is 0 Å². The molecule has 0 aromatic carbocycles. The van der Waals surface area contributed by atoms with Gasteiger partial charge in [0, 0.05) is 5.92 Å². The predicted octanol–water partition coefficient (Wildman–Crippen LogP) is 3.87. The van der Waals surface area contributed by atoms with Crippen molar-refractivity contribution < 1.29 is 9.52 Å². The maximum Gasteiger partial charge on any atom is 0.132 e. The lowest BCUT2D eigenvalue weighted by Gasteiger charge is -2.17. The third-order valence-electron chi connectivity index (χ3n) is 3.91. The quantitative estimate of drug-likeness (QED) is 0.820. The Hall–Kier alpha value is -0.760. The van der Waals surface area contributed by atoms with Crippen LogP contribution in [0.4, 0.5) is 0 Å². The second-order valence-corrected chi connectivity index (χ2v) is 5.08. The maximum absolute atomic E-state index is 10.2. The summed E-state index contributed by atoms with van der Waals surface area (Å²) in [6, 6.07) is 3.98. The molecule has 1 N–H and O–H groups in total. The summed E-state index contributed by atoms with van der Waals surface area (Å²) in [6.07, 6.45) is 2.78. The molecule has 1 aliphatic rings. The molecule has 90 valence electrons. The Morgan fingerprint density at radius 1 is 1.38 bits per heavy atom. The monoisotopic (exact) mass is 222 g/mol. The summed E-state index contributed by atoms with van der Waals surface area (Å²) in [7, 11) is 0. The van der Waals surface area contributed by atoms with Crippen LogP contribution in [-0.2, 0) is 0 Å². The first-order valence-electron chi connectivity index (χ1n) is 6.45. The van der Waals surface area contributed by atoms with Gasteiger partial charge >= 0.3 is 0 Å². The Bertz CT molecular complexity index is 338. The Morgan fingerprint density at radius 2 is 2.00 bits per heavy atom. The molecular weight excluding hydrogens is 200 g/mol. The third kappa shape index (κ3) is 2.17. The van der Waals surface area contributed by atoms with Crippen molar-refractivity contribution in [3.63, 3.8) is 0 Å². The lowest BCUT2D eigenvalue weighted by Crippen LogP contribution is -2.09. The van der Waals surface area contributed by atoms with Crippen LogP contribution in [0, 0.1) is 11.8 Å². The molecule has 1 heterocycles. The molecular formula is C14H22O2. The average molecular weight is 222 g/mol. The van der Waals surface area contributed by atoms with Crippen molar-refractivity contribution in [2.24, 2.45) is 11.8 Å². The van der Waals surface area contributed by atoms with E-state index in [4.69, 9.17) is 4.42 Å². The Balaban J connectivity index is 2.06. The van der Waals surface area contributed by atoms with Crippen LogP contribution in [0.3, 0.4) is 0 Å². The van der Waals surface area contributed by atoms with Crippen LogP contribution in [0.1, 0.15) is 63.6 Å². The van der Waals surface area contributed by atoms with Crippen LogP contribution < -0.4 is 0 Å². The van der Waals surface area contributed by atoms with E-state index in [1.165, 1.54) is 6.42 Å². The van der Waals surface area contributed by atoms with Gasteiger partial charge in [-0.3, -0.25) is 0 Å². The zero-order valence-corrected chi connectivity index (χ0v) is 10.4. The minimum absolute atomic E-state index is 0.315. The van der Waals surface area contributed by atoms with E-state index in [9.17, 15) is 5.11 Å². The number of aliphatic hydroxyl groups excluding tert-OH is 1. The molecule has 3 atom stereocenters. The molecule has 2 heteroatoms. The van der Waals surface area contributed by atoms with E-state index < -0.39 is 6.10 Å². The van der Waals surface area contributed by atoms with Gasteiger partial charge < -0.3 is 9.52 Å². The highest BCUT2D eigenvalue weighted by molar-refractivity contribution is 5.18. The predicted molar refractivity (Wildman–Crippen MR) is 64.3 cm³/mol. The van der Waals surface area contributed by atoms with E-state index in [1.807, 2.05) is 12.1 Å². The highest BCUT2D eigenvalue weighted by Gasteiger charge is 2.37. The molecule has 1 aromatic heterocycles. The second-order valence-electron chi connectivity index (χ2n) is 5.08. The van der Waals surface area contributed by atoms with Gasteiger partial charge in [-0.1, -0.05) is 33.6 Å². The summed E-state index contributed by atoms with van der Waals surface area (Å²) in [6.45, 7) is 6.47. The number of aliphatic hydroxyl groups is 1. The second kappa shape index (κ2) is 4.62. The fourth-order valence-corrected chi connectivity index (χ4v) is 2.41. The number of rotatable bonds is 5. The van der Waals surface area contributed by atoms with Crippen molar-refractivity contribution >= 4 is 0 Å². The molecule has 2 rings (SSSR count). The van der Waals surface area contributed by atoms with E-state index in [2.05, 4.69) is 20.8 Å². The van der Waals surface area contributed by atoms with Gasteiger partial charge in [0.1, 0.15) is 17.6 Å². The van der Waals surface area contributed by atoms with Crippen LogP contribution in [0.5, 0.6) is 0 Å². The topological polar surface area (TPSA) is 33.4 Å². The molecule has 0 amide bonds. The van der Waals surface area contributed by atoms with Crippen molar-refractivity contribution in [3.05, 3.63) is 23.7 Å². The van der Waals surface area contributed by atoms with Crippen LogP contribution in [-0.4, -0.2) is 5.11 Å². The minimum atomic E-state index is -0.433. The van der Waals surface area contributed by atoms with Gasteiger partial charge in [0.25, 0.3) is 0 Å². The lowest BCUT2D eigenvalue weighted by atomic mass is 9.95. The van der Waals surface area contributed by atoms with Gasteiger partial charge in [0.05, 0.1) is 0 Å². The first-order chi connectivity index (χ1) is 7.67. The number of furan rings is 1. The van der Waals surface area contributed by atoms with Gasteiger partial charge in [-0.2, -0.15) is 0 Å². The number of hydrogen-bond donors (Lipinski definition) is 1. The van der Waals surface area contributed by atoms with Crippen molar-refractivity contribution in [1.82, 2.24) is 0 Å². The molecule has 16 heavy (non-hydrogen) atoms. The molecule has 0 saturated heterocycles. The average Bonchev–Trinajstić information content (AvgIpc) is 2.83. The smallest absolute Gasteiger partial charge is 0.132 e. The fourth-order valence-electron chi connectivity index (χ4n) is 2.41. The molecule has 0 bridgehead atoms. The molecule has 0 spiro atoms. The molecule has 1 aromatic rings. The number of hydrogen-bond acceptors (Lipinski definition) is 2. The molecule has 1 fully saturated rings. The lowest BCUT2D eigenvalue weighted by molar-refractivity contribution is 0.0801. The molecule has 2 nitrogen and oxygen atoms in total. The van der Waals surface area contributed by atoms with Crippen LogP contribution in [0.2, 0.25) is 0 Å². The van der Waals surface area contributed by atoms with E-state index in [1.54, 1.807) is 0 Å². The standard InChI is InChI=1S/C14H22O2/c1-4-10(5-2)14(15)13-7-6-12(16-13)11-8-9(11)3/h6-7,9-11,14-15H,4-5,8H2,1-3H3. The fraction of sp³-hybridized carbons (Fsp3) is 0.714. The van der Waals surface area contributed by atoms with Crippen LogP contribution in [0.15, 0.2) is 16.5 Å². The Kier molecular flexibility index (Phi) is 3.38. The third-order valence-corrected chi connectivity index (χ3v) is 3.91. The summed E-state index contributed by atoms with van der Waals surface area (Å²) in [5, 5.41) is 10.2. The summed E-state index contributed by atoms with van der Waals surface area (Å²) in [5.74, 6) is 3.48. The van der Waals surface area contributed by atoms with Gasteiger partial charge in [-0.15, -0.1) is 0 Å². The zero-order chi connectivity index (χ0) is 11.7. The Labute approximate surface area is 97.7 Å². The van der Waals surface area contributed by atoms with Crippen molar-refractivity contribution in [1.29, 1.82) is 0 Å². The van der Waals surface area contributed by atoms with E-state index in [-0.39, 0.29) is 0 Å². The first-order valence-corrected chi connectivity index (χ1v) is 6.45. The molecule has 1 aliphatic carbocycles. The van der Waals surface area contributed by atoms with Crippen molar-refractivity contribution in [2.45, 2.75) is 52.1 Å².